The number of ether oxygens (including phenoxy) is 2. The molecule has 0 unspecified atom stereocenters. The fourth-order valence-corrected chi connectivity index (χ4v) is 3.33. The van der Waals surface area contributed by atoms with Gasteiger partial charge in [0.05, 0.1) is 0 Å². The maximum atomic E-state index is 12.1. The Labute approximate surface area is 140 Å². The van der Waals surface area contributed by atoms with Crippen LogP contribution in [-0.4, -0.2) is 24.1 Å². The van der Waals surface area contributed by atoms with Crippen molar-refractivity contribution in [3.8, 4) is 0 Å². The Balaban J connectivity index is 2.37. The van der Waals surface area contributed by atoms with Gasteiger partial charge in [-0.1, -0.05) is 18.2 Å². The monoisotopic (exact) mass is 350 g/mol. The third-order valence-electron chi connectivity index (χ3n) is 3.29. The number of benzene rings is 1. The van der Waals surface area contributed by atoms with Crippen molar-refractivity contribution in [2.75, 3.05) is 0 Å². The van der Waals surface area contributed by atoms with Crippen molar-refractivity contribution in [1.29, 1.82) is 0 Å². The number of primary amides is 2. The minimum Gasteiger partial charge on any atom is -0.376 e. The smallest absolute Gasteiger partial charge is 0.376 e. The summed E-state index contributed by atoms with van der Waals surface area (Å²) >= 11 is 1.35. The molecule has 0 saturated heterocycles. The van der Waals surface area contributed by atoms with E-state index in [-0.39, 0.29) is 6.42 Å². The predicted octanol–water partition coefficient (Wildman–Crippen LogP) is 1.69. The molecule has 0 atom stereocenters. The first-order chi connectivity index (χ1) is 11.2. The summed E-state index contributed by atoms with van der Waals surface area (Å²) in [5, 5.41) is 0.923. The molecule has 2 rings (SSSR count). The van der Waals surface area contributed by atoms with Crippen LogP contribution in [0.3, 0.4) is 0 Å². The van der Waals surface area contributed by atoms with Crippen LogP contribution in [0.25, 0.3) is 10.1 Å². The second kappa shape index (κ2) is 6.67. The van der Waals surface area contributed by atoms with Gasteiger partial charge in [-0.25, -0.2) is 9.59 Å². The average molecular weight is 350 g/mol. The highest BCUT2D eigenvalue weighted by molar-refractivity contribution is 7.19. The Morgan fingerprint density at radius 1 is 1.04 bits per heavy atom. The Morgan fingerprint density at radius 3 is 2.08 bits per heavy atom. The molecule has 0 aliphatic heterocycles. The molecule has 126 valence electrons. The van der Waals surface area contributed by atoms with Gasteiger partial charge in [-0.2, -0.15) is 0 Å². The second-order valence-corrected chi connectivity index (χ2v) is 6.34. The number of hydrogen-bond acceptors (Lipinski definition) is 7. The van der Waals surface area contributed by atoms with Gasteiger partial charge in [0, 0.05) is 16.0 Å². The SMILES string of the molecule is CC(Cc1cc2ccccc2s1)(C(=O)OC(N)=O)C(=O)OC(N)=O. The fraction of sp³-hybridized carbons (Fsp3) is 0.200. The molecule has 0 radical (unpaired) electrons. The van der Waals surface area contributed by atoms with Gasteiger partial charge in [-0.3, -0.25) is 9.59 Å². The van der Waals surface area contributed by atoms with Gasteiger partial charge in [0.15, 0.2) is 5.41 Å². The largest absolute Gasteiger partial charge is 0.412 e. The third kappa shape index (κ3) is 3.69. The van der Waals surface area contributed by atoms with Crippen molar-refractivity contribution < 1.29 is 28.7 Å². The Morgan fingerprint density at radius 2 is 1.58 bits per heavy atom. The number of rotatable bonds is 4. The minimum atomic E-state index is -1.95. The van der Waals surface area contributed by atoms with E-state index in [1.807, 2.05) is 24.3 Å². The number of amides is 2. The predicted molar refractivity (Wildman–Crippen MR) is 85.0 cm³/mol. The van der Waals surface area contributed by atoms with Crippen LogP contribution in [0.15, 0.2) is 30.3 Å². The van der Waals surface area contributed by atoms with Crippen LogP contribution in [0, 0.1) is 5.41 Å². The molecule has 1 aromatic heterocycles. The number of carbonyl (C=O) groups excluding carboxylic acids is 4. The summed E-state index contributed by atoms with van der Waals surface area (Å²) < 4.78 is 9.58. The number of hydrogen-bond donors (Lipinski definition) is 2. The van der Waals surface area contributed by atoms with Gasteiger partial charge in [-0.15, -0.1) is 11.3 Å². The highest BCUT2D eigenvalue weighted by atomic mass is 32.1. The lowest BCUT2D eigenvalue weighted by molar-refractivity contribution is -0.162. The van der Waals surface area contributed by atoms with Crippen molar-refractivity contribution >= 4 is 45.5 Å². The van der Waals surface area contributed by atoms with Gasteiger partial charge >= 0.3 is 24.1 Å². The Kier molecular flexibility index (Phi) is 4.84. The van der Waals surface area contributed by atoms with Crippen LogP contribution in [0.4, 0.5) is 9.59 Å². The molecule has 8 nitrogen and oxygen atoms in total. The highest BCUT2D eigenvalue weighted by Crippen LogP contribution is 2.33. The molecule has 0 bridgehead atoms. The summed E-state index contributed by atoms with van der Waals surface area (Å²) in [6.45, 7) is 1.19. The molecule has 0 aliphatic rings. The van der Waals surface area contributed by atoms with E-state index in [0.29, 0.717) is 4.88 Å². The lowest BCUT2D eigenvalue weighted by Gasteiger charge is -2.22. The second-order valence-electron chi connectivity index (χ2n) is 5.18. The highest BCUT2D eigenvalue weighted by Gasteiger charge is 2.46. The van der Waals surface area contributed by atoms with E-state index in [1.54, 1.807) is 6.07 Å². The summed E-state index contributed by atoms with van der Waals surface area (Å²) in [6, 6.07) is 9.24. The number of nitrogens with two attached hydrogens (primary N) is 2. The summed E-state index contributed by atoms with van der Waals surface area (Å²) in [5.41, 5.74) is 7.69. The first kappa shape index (κ1) is 17.4. The van der Waals surface area contributed by atoms with Crippen LogP contribution in [-0.2, 0) is 25.5 Å². The summed E-state index contributed by atoms with van der Waals surface area (Å²) in [4.78, 5) is 46.6. The average Bonchev–Trinajstić information content (AvgIpc) is 2.87. The number of thiophene rings is 1. The first-order valence-electron chi connectivity index (χ1n) is 6.73. The maximum Gasteiger partial charge on any atom is 0.412 e. The molecule has 4 N–H and O–H groups in total. The molecule has 2 aromatic rings. The lowest BCUT2D eigenvalue weighted by Crippen LogP contribution is -2.44. The maximum absolute atomic E-state index is 12.1. The Bertz CT molecular complexity index is 767. The minimum absolute atomic E-state index is 0.148. The zero-order valence-corrected chi connectivity index (χ0v) is 13.4. The molecular formula is C15H14N2O6S. The summed E-state index contributed by atoms with van der Waals surface area (Å²) in [5.74, 6) is -2.45. The van der Waals surface area contributed by atoms with Gasteiger partial charge in [0.1, 0.15) is 0 Å². The van der Waals surface area contributed by atoms with Gasteiger partial charge in [0.2, 0.25) is 0 Å². The van der Waals surface area contributed by atoms with Crippen LogP contribution in [0.5, 0.6) is 0 Å². The first-order valence-corrected chi connectivity index (χ1v) is 7.55. The lowest BCUT2D eigenvalue weighted by atomic mass is 9.86. The third-order valence-corrected chi connectivity index (χ3v) is 4.41. The van der Waals surface area contributed by atoms with Gasteiger partial charge in [0.25, 0.3) is 0 Å². The number of fused-ring (bicyclic) bond motifs is 1. The molecule has 0 fully saturated rings. The van der Waals surface area contributed by atoms with E-state index in [4.69, 9.17) is 11.5 Å². The van der Waals surface area contributed by atoms with Crippen LogP contribution in [0.2, 0.25) is 0 Å². The van der Waals surface area contributed by atoms with Gasteiger partial charge in [-0.05, 0) is 24.4 Å². The molecule has 0 aliphatic carbocycles. The van der Waals surface area contributed by atoms with Crippen molar-refractivity contribution in [2.24, 2.45) is 16.9 Å². The van der Waals surface area contributed by atoms with E-state index in [1.165, 1.54) is 18.3 Å². The van der Waals surface area contributed by atoms with Crippen molar-refractivity contribution in [2.45, 2.75) is 13.3 Å². The molecule has 2 amide bonds. The van der Waals surface area contributed by atoms with E-state index in [0.717, 1.165) is 10.1 Å². The molecule has 1 heterocycles. The van der Waals surface area contributed by atoms with E-state index >= 15 is 0 Å². The quantitative estimate of drug-likeness (QED) is 0.635. The molecule has 9 heteroatoms. The van der Waals surface area contributed by atoms with Gasteiger partial charge < -0.3 is 20.9 Å². The molecule has 0 saturated carbocycles. The molecule has 0 spiro atoms. The Hall–Kier alpha value is -2.94. The normalized spacial score (nSPS) is 11.0. The van der Waals surface area contributed by atoms with Crippen molar-refractivity contribution in [1.82, 2.24) is 0 Å². The fourth-order valence-electron chi connectivity index (χ4n) is 2.11. The number of esters is 2. The zero-order chi connectivity index (χ0) is 17.9. The van der Waals surface area contributed by atoms with E-state index < -0.39 is 29.5 Å². The topological polar surface area (TPSA) is 139 Å². The molecule has 1 aromatic carbocycles. The van der Waals surface area contributed by atoms with E-state index in [9.17, 15) is 19.2 Å². The van der Waals surface area contributed by atoms with Crippen molar-refractivity contribution in [3.63, 3.8) is 0 Å². The van der Waals surface area contributed by atoms with Crippen molar-refractivity contribution in [3.05, 3.63) is 35.2 Å². The number of carbonyl (C=O) groups is 4. The zero-order valence-electron chi connectivity index (χ0n) is 12.6. The summed E-state index contributed by atoms with van der Waals surface area (Å²) in [7, 11) is 0. The van der Waals surface area contributed by atoms with Crippen LogP contribution < -0.4 is 11.5 Å². The summed E-state index contributed by atoms with van der Waals surface area (Å²) in [6.07, 6.45) is -2.88. The van der Waals surface area contributed by atoms with Crippen LogP contribution in [0.1, 0.15) is 11.8 Å². The van der Waals surface area contributed by atoms with Crippen LogP contribution >= 0.6 is 11.3 Å². The molecular weight excluding hydrogens is 336 g/mol. The standard InChI is InChI=1S/C15H14N2O6S/c1-15(11(18)22-13(16)20,12(19)23-14(17)21)7-9-6-8-4-2-3-5-10(8)24-9/h2-6H,7H2,1H3,(H2,16,20)(H2,17,21). The van der Waals surface area contributed by atoms with E-state index in [2.05, 4.69) is 9.47 Å². The molecule has 24 heavy (non-hydrogen) atoms.